The highest BCUT2D eigenvalue weighted by atomic mass is 35.5. The van der Waals surface area contributed by atoms with Crippen LogP contribution in [-0.2, 0) is 0 Å². The Morgan fingerprint density at radius 3 is 2.61 bits per heavy atom. The van der Waals surface area contributed by atoms with Gasteiger partial charge in [0.1, 0.15) is 0 Å². The lowest BCUT2D eigenvalue weighted by atomic mass is 10.2. The summed E-state index contributed by atoms with van der Waals surface area (Å²) in [7, 11) is 0. The van der Waals surface area contributed by atoms with Crippen molar-refractivity contribution in [1.82, 2.24) is 5.43 Å². The Morgan fingerprint density at radius 2 is 1.91 bits per heavy atom. The molecule has 0 radical (unpaired) electrons. The number of anilines is 1. The second kappa shape index (κ2) is 7.17. The first-order valence-corrected chi connectivity index (χ1v) is 7.27. The van der Waals surface area contributed by atoms with Crippen LogP contribution in [0.5, 0.6) is 17.2 Å². The van der Waals surface area contributed by atoms with Gasteiger partial charge in [0, 0.05) is 5.56 Å². The van der Waals surface area contributed by atoms with Crippen molar-refractivity contribution >= 4 is 40.8 Å². The smallest absolute Gasteiger partial charge is 0.200 e. The molecule has 0 heterocycles. The summed E-state index contributed by atoms with van der Waals surface area (Å²) in [6, 6.07) is 8.10. The van der Waals surface area contributed by atoms with E-state index in [0.717, 1.165) is 5.56 Å². The first-order valence-electron chi connectivity index (χ1n) is 6.48. The molecule has 2 aromatic carbocycles. The molecule has 120 valence electrons. The number of phenols is 3. The SMILES string of the molecule is Cc1ccc(NC(=S)N/N=C/c2ccc(O)c(O)c2O)c(Cl)c1. The van der Waals surface area contributed by atoms with Crippen LogP contribution in [0.2, 0.25) is 5.02 Å². The Hall–Kier alpha value is -2.51. The minimum atomic E-state index is -0.610. The fraction of sp³-hybridized carbons (Fsp3) is 0.0667. The van der Waals surface area contributed by atoms with E-state index in [4.69, 9.17) is 23.8 Å². The van der Waals surface area contributed by atoms with E-state index in [1.165, 1.54) is 18.3 Å². The standard InChI is InChI=1S/C15H14ClN3O3S/c1-8-2-4-11(10(16)6-8)18-15(23)19-17-7-9-3-5-12(20)14(22)13(9)21/h2-7,20-22H,1H3,(H2,18,19,23)/b17-7+. The van der Waals surface area contributed by atoms with Crippen molar-refractivity contribution < 1.29 is 15.3 Å². The Bertz CT molecular complexity index is 781. The molecule has 0 amide bonds. The van der Waals surface area contributed by atoms with Crippen molar-refractivity contribution in [2.24, 2.45) is 5.10 Å². The fourth-order valence-corrected chi connectivity index (χ4v) is 2.17. The van der Waals surface area contributed by atoms with Gasteiger partial charge >= 0.3 is 0 Å². The number of rotatable bonds is 3. The van der Waals surface area contributed by atoms with Gasteiger partial charge in [0.2, 0.25) is 5.75 Å². The number of halogens is 1. The second-order valence-corrected chi connectivity index (χ2v) is 5.49. The molecule has 0 unspecified atom stereocenters. The van der Waals surface area contributed by atoms with Gasteiger partial charge in [-0.3, -0.25) is 5.43 Å². The van der Waals surface area contributed by atoms with Crippen LogP contribution in [-0.4, -0.2) is 26.6 Å². The predicted octanol–water partition coefficient (Wildman–Crippen LogP) is 3.09. The minimum Gasteiger partial charge on any atom is -0.504 e. The Morgan fingerprint density at radius 1 is 1.17 bits per heavy atom. The first kappa shape index (κ1) is 16.9. The topological polar surface area (TPSA) is 97.1 Å². The first-order chi connectivity index (χ1) is 10.9. The van der Waals surface area contributed by atoms with Crippen molar-refractivity contribution in [3.63, 3.8) is 0 Å². The Balaban J connectivity index is 2.00. The molecule has 5 N–H and O–H groups in total. The molecule has 0 spiro atoms. The lowest BCUT2D eigenvalue weighted by Crippen LogP contribution is -2.24. The van der Waals surface area contributed by atoms with E-state index in [0.29, 0.717) is 10.7 Å². The van der Waals surface area contributed by atoms with Crippen LogP contribution in [0.25, 0.3) is 0 Å². The third-order valence-corrected chi connectivity index (χ3v) is 3.41. The summed E-state index contributed by atoms with van der Waals surface area (Å²) in [6.45, 7) is 1.93. The van der Waals surface area contributed by atoms with Gasteiger partial charge in [0.15, 0.2) is 16.6 Å². The van der Waals surface area contributed by atoms with E-state index >= 15 is 0 Å². The van der Waals surface area contributed by atoms with Crippen molar-refractivity contribution in [3.8, 4) is 17.2 Å². The van der Waals surface area contributed by atoms with Gasteiger partial charge in [-0.15, -0.1) is 0 Å². The van der Waals surface area contributed by atoms with E-state index in [9.17, 15) is 15.3 Å². The summed E-state index contributed by atoms with van der Waals surface area (Å²) in [5, 5.41) is 35.7. The number of aromatic hydroxyl groups is 3. The molecule has 0 fully saturated rings. The van der Waals surface area contributed by atoms with Gasteiger partial charge in [-0.25, -0.2) is 0 Å². The molecule has 0 aliphatic heterocycles. The maximum absolute atomic E-state index is 9.65. The lowest BCUT2D eigenvalue weighted by Gasteiger charge is -2.09. The molecule has 0 aromatic heterocycles. The van der Waals surface area contributed by atoms with Crippen LogP contribution in [0.15, 0.2) is 35.4 Å². The van der Waals surface area contributed by atoms with E-state index in [1.54, 1.807) is 12.1 Å². The molecule has 0 aliphatic rings. The van der Waals surface area contributed by atoms with Crippen LogP contribution in [0.4, 0.5) is 5.69 Å². The van der Waals surface area contributed by atoms with E-state index in [2.05, 4.69) is 15.8 Å². The quantitative estimate of drug-likeness (QED) is 0.252. The molecular formula is C15H14ClN3O3S. The largest absolute Gasteiger partial charge is 0.504 e. The summed E-state index contributed by atoms with van der Waals surface area (Å²) in [4.78, 5) is 0. The highest BCUT2D eigenvalue weighted by Gasteiger charge is 2.09. The average Bonchev–Trinajstić information content (AvgIpc) is 2.50. The molecule has 2 aromatic rings. The monoisotopic (exact) mass is 351 g/mol. The normalized spacial score (nSPS) is 10.7. The maximum atomic E-state index is 9.65. The molecule has 6 nitrogen and oxygen atoms in total. The van der Waals surface area contributed by atoms with Crippen LogP contribution in [0.3, 0.4) is 0 Å². The van der Waals surface area contributed by atoms with Crippen LogP contribution in [0, 0.1) is 6.92 Å². The summed E-state index contributed by atoms with van der Waals surface area (Å²) in [5.41, 5.74) is 4.43. The number of aryl methyl sites for hydroxylation is 1. The number of nitrogens with zero attached hydrogens (tertiary/aromatic N) is 1. The molecule has 2 rings (SSSR count). The number of thiocarbonyl (C=S) groups is 1. The van der Waals surface area contributed by atoms with E-state index < -0.39 is 17.2 Å². The number of nitrogens with one attached hydrogen (secondary N) is 2. The van der Waals surface area contributed by atoms with Crippen molar-refractivity contribution in [1.29, 1.82) is 0 Å². The lowest BCUT2D eigenvalue weighted by molar-refractivity contribution is 0.367. The zero-order valence-electron chi connectivity index (χ0n) is 12.0. The molecule has 8 heteroatoms. The molecular weight excluding hydrogens is 338 g/mol. The van der Waals surface area contributed by atoms with Crippen LogP contribution in [0.1, 0.15) is 11.1 Å². The van der Waals surface area contributed by atoms with Gasteiger partial charge < -0.3 is 20.6 Å². The van der Waals surface area contributed by atoms with E-state index in [-0.39, 0.29) is 10.7 Å². The predicted molar refractivity (Wildman–Crippen MR) is 94.6 cm³/mol. The molecule has 0 aliphatic carbocycles. The highest BCUT2D eigenvalue weighted by Crippen LogP contribution is 2.36. The summed E-state index contributed by atoms with van der Waals surface area (Å²) in [5.74, 6) is -1.50. The van der Waals surface area contributed by atoms with Gasteiger partial charge in [-0.05, 0) is 49.0 Å². The summed E-state index contributed by atoms with van der Waals surface area (Å²) in [6.07, 6.45) is 1.25. The zero-order valence-corrected chi connectivity index (χ0v) is 13.6. The van der Waals surface area contributed by atoms with Gasteiger partial charge in [0.05, 0.1) is 16.9 Å². The molecule has 23 heavy (non-hydrogen) atoms. The molecule has 0 saturated heterocycles. The number of hydrogen-bond acceptors (Lipinski definition) is 5. The fourth-order valence-electron chi connectivity index (χ4n) is 1.72. The average molecular weight is 352 g/mol. The maximum Gasteiger partial charge on any atom is 0.200 e. The summed E-state index contributed by atoms with van der Waals surface area (Å²) >= 11 is 11.2. The zero-order chi connectivity index (χ0) is 17.0. The van der Waals surface area contributed by atoms with Crippen molar-refractivity contribution in [2.45, 2.75) is 6.92 Å². The van der Waals surface area contributed by atoms with E-state index in [1.807, 2.05) is 13.0 Å². The highest BCUT2D eigenvalue weighted by molar-refractivity contribution is 7.80. The third kappa shape index (κ3) is 4.24. The third-order valence-electron chi connectivity index (χ3n) is 2.90. The van der Waals surface area contributed by atoms with Gasteiger partial charge in [-0.1, -0.05) is 17.7 Å². The van der Waals surface area contributed by atoms with Crippen molar-refractivity contribution in [2.75, 3.05) is 5.32 Å². The molecule has 0 bridgehead atoms. The Kier molecular flexibility index (Phi) is 5.25. The summed E-state index contributed by atoms with van der Waals surface area (Å²) < 4.78 is 0. The number of hydrogen-bond donors (Lipinski definition) is 5. The van der Waals surface area contributed by atoms with Gasteiger partial charge in [-0.2, -0.15) is 5.10 Å². The van der Waals surface area contributed by atoms with Crippen LogP contribution >= 0.6 is 23.8 Å². The number of hydrazone groups is 1. The van der Waals surface area contributed by atoms with Crippen molar-refractivity contribution in [3.05, 3.63) is 46.5 Å². The molecule has 0 saturated carbocycles. The van der Waals surface area contributed by atoms with Crippen LogP contribution < -0.4 is 10.7 Å². The minimum absolute atomic E-state index is 0.203. The van der Waals surface area contributed by atoms with Gasteiger partial charge in [0.25, 0.3) is 0 Å². The Labute approximate surface area is 143 Å². The number of phenolic OH excluding ortho intramolecular Hbond substituents is 3. The second-order valence-electron chi connectivity index (χ2n) is 4.68. The molecule has 0 atom stereocenters. The number of benzene rings is 2.